The summed E-state index contributed by atoms with van der Waals surface area (Å²) in [5, 5.41) is 2.97. The van der Waals surface area contributed by atoms with Gasteiger partial charge < -0.3 is 14.8 Å². The standard InChI is InChI=1S/C18H12Cl2N2O5/c19-12-6-10-11(7-13(12)20)18(25)22(17(10)24)8-16(23)21-9-1-2-14-15(5-9)27-4-3-26-14/h1-2,5-7H,3-4,8H2,(H,21,23). The minimum atomic E-state index is -0.592. The van der Waals surface area contributed by atoms with Crippen molar-refractivity contribution >= 4 is 46.6 Å². The molecule has 0 fully saturated rings. The smallest absolute Gasteiger partial charge is 0.262 e. The Morgan fingerprint density at radius 1 is 0.963 bits per heavy atom. The summed E-state index contributed by atoms with van der Waals surface area (Å²) in [6.45, 7) is 0.451. The largest absolute Gasteiger partial charge is 0.486 e. The van der Waals surface area contributed by atoms with E-state index in [1.165, 1.54) is 12.1 Å². The molecule has 0 radical (unpaired) electrons. The molecule has 0 atom stereocenters. The highest BCUT2D eigenvalue weighted by molar-refractivity contribution is 6.43. The maximum atomic E-state index is 12.4. The summed E-state index contributed by atoms with van der Waals surface area (Å²) in [7, 11) is 0. The number of amides is 3. The first-order chi connectivity index (χ1) is 12.9. The monoisotopic (exact) mass is 406 g/mol. The summed E-state index contributed by atoms with van der Waals surface area (Å²) in [5.41, 5.74) is 0.718. The molecule has 0 spiro atoms. The van der Waals surface area contributed by atoms with Crippen molar-refractivity contribution in [3.05, 3.63) is 51.5 Å². The molecule has 4 rings (SSSR count). The molecule has 2 aromatic rings. The number of nitrogens with one attached hydrogen (secondary N) is 1. The number of ether oxygens (including phenoxy) is 2. The van der Waals surface area contributed by atoms with Crippen LogP contribution in [0.4, 0.5) is 5.69 Å². The number of carbonyl (C=O) groups excluding carboxylic acids is 3. The Bertz CT molecular complexity index is 951. The molecule has 0 bridgehead atoms. The van der Waals surface area contributed by atoms with Gasteiger partial charge >= 0.3 is 0 Å². The summed E-state index contributed by atoms with van der Waals surface area (Å²) >= 11 is 11.8. The maximum Gasteiger partial charge on any atom is 0.262 e. The molecule has 7 nitrogen and oxygen atoms in total. The minimum absolute atomic E-state index is 0.126. The quantitative estimate of drug-likeness (QED) is 0.791. The zero-order valence-electron chi connectivity index (χ0n) is 13.8. The second kappa shape index (κ2) is 6.75. The van der Waals surface area contributed by atoms with E-state index in [9.17, 15) is 14.4 Å². The normalized spacial score (nSPS) is 15.0. The molecule has 2 aliphatic heterocycles. The molecule has 27 heavy (non-hydrogen) atoms. The number of carbonyl (C=O) groups is 3. The maximum absolute atomic E-state index is 12.4. The fourth-order valence-corrected chi connectivity index (χ4v) is 3.22. The van der Waals surface area contributed by atoms with Crippen molar-refractivity contribution < 1.29 is 23.9 Å². The van der Waals surface area contributed by atoms with Gasteiger partial charge in [-0.25, -0.2) is 0 Å². The van der Waals surface area contributed by atoms with Gasteiger partial charge in [0.05, 0.1) is 21.2 Å². The highest BCUT2D eigenvalue weighted by Crippen LogP contribution is 2.33. The molecule has 0 unspecified atom stereocenters. The summed E-state index contributed by atoms with van der Waals surface area (Å²) < 4.78 is 10.9. The van der Waals surface area contributed by atoms with E-state index in [0.29, 0.717) is 30.4 Å². The first-order valence-corrected chi connectivity index (χ1v) is 8.74. The van der Waals surface area contributed by atoms with Gasteiger partial charge in [0.25, 0.3) is 11.8 Å². The lowest BCUT2D eigenvalue weighted by atomic mass is 10.1. The van der Waals surface area contributed by atoms with Crippen LogP contribution in [0.2, 0.25) is 10.0 Å². The second-order valence-electron chi connectivity index (χ2n) is 5.91. The molecule has 9 heteroatoms. The van der Waals surface area contributed by atoms with Gasteiger partial charge in [0, 0.05) is 11.8 Å². The first-order valence-electron chi connectivity index (χ1n) is 7.99. The van der Waals surface area contributed by atoms with E-state index >= 15 is 0 Å². The Hall–Kier alpha value is -2.77. The molecular formula is C18H12Cl2N2O5. The molecule has 0 saturated heterocycles. The number of anilines is 1. The van der Waals surface area contributed by atoms with E-state index in [4.69, 9.17) is 32.7 Å². The van der Waals surface area contributed by atoms with Gasteiger partial charge in [-0.15, -0.1) is 0 Å². The number of benzene rings is 2. The van der Waals surface area contributed by atoms with Crippen molar-refractivity contribution in [2.75, 3.05) is 25.1 Å². The van der Waals surface area contributed by atoms with Gasteiger partial charge in [-0.1, -0.05) is 23.2 Å². The van der Waals surface area contributed by atoms with Crippen LogP contribution in [-0.2, 0) is 4.79 Å². The molecule has 138 valence electrons. The van der Waals surface area contributed by atoms with Crippen LogP contribution in [0.15, 0.2) is 30.3 Å². The van der Waals surface area contributed by atoms with Crippen molar-refractivity contribution in [3.63, 3.8) is 0 Å². The van der Waals surface area contributed by atoms with E-state index in [0.717, 1.165) is 4.90 Å². The van der Waals surface area contributed by atoms with Gasteiger partial charge in [0.2, 0.25) is 5.91 Å². The van der Waals surface area contributed by atoms with Gasteiger partial charge in [0.1, 0.15) is 19.8 Å². The lowest BCUT2D eigenvalue weighted by molar-refractivity contribution is -0.116. The van der Waals surface area contributed by atoms with Crippen LogP contribution < -0.4 is 14.8 Å². The number of imide groups is 1. The number of hydrogen-bond acceptors (Lipinski definition) is 5. The molecule has 1 N–H and O–H groups in total. The highest BCUT2D eigenvalue weighted by Gasteiger charge is 2.37. The molecule has 2 heterocycles. The van der Waals surface area contributed by atoms with Crippen LogP contribution in [0.3, 0.4) is 0 Å². The highest BCUT2D eigenvalue weighted by atomic mass is 35.5. The Kier molecular flexibility index (Phi) is 4.41. The van der Waals surface area contributed by atoms with Crippen LogP contribution in [0.25, 0.3) is 0 Å². The minimum Gasteiger partial charge on any atom is -0.486 e. The van der Waals surface area contributed by atoms with Crippen LogP contribution in [-0.4, -0.2) is 42.4 Å². The van der Waals surface area contributed by atoms with E-state index in [1.54, 1.807) is 18.2 Å². The lowest BCUT2D eigenvalue weighted by Crippen LogP contribution is -2.37. The molecule has 2 aliphatic rings. The van der Waals surface area contributed by atoms with Gasteiger partial charge in [-0.2, -0.15) is 0 Å². The van der Waals surface area contributed by atoms with E-state index < -0.39 is 24.3 Å². The average Bonchev–Trinajstić information content (AvgIpc) is 2.87. The fourth-order valence-electron chi connectivity index (χ4n) is 2.89. The molecule has 2 aromatic carbocycles. The van der Waals surface area contributed by atoms with E-state index in [2.05, 4.69) is 5.32 Å². The summed E-state index contributed by atoms with van der Waals surface area (Å²) in [6.07, 6.45) is 0. The molecule has 0 aliphatic carbocycles. The summed E-state index contributed by atoms with van der Waals surface area (Å²) in [4.78, 5) is 38.1. The Balaban J connectivity index is 1.49. The number of nitrogens with zero attached hydrogens (tertiary/aromatic N) is 1. The van der Waals surface area contributed by atoms with Gasteiger partial charge in [-0.05, 0) is 24.3 Å². The Morgan fingerprint density at radius 3 is 2.19 bits per heavy atom. The molecular weight excluding hydrogens is 395 g/mol. The summed E-state index contributed by atoms with van der Waals surface area (Å²) in [6, 6.07) is 7.61. The van der Waals surface area contributed by atoms with Crippen molar-refractivity contribution in [2.24, 2.45) is 0 Å². The third-order valence-corrected chi connectivity index (χ3v) is 4.86. The number of halogens is 2. The number of rotatable bonds is 3. The van der Waals surface area contributed by atoms with Crippen LogP contribution in [0.5, 0.6) is 11.5 Å². The fraction of sp³-hybridized carbons (Fsp3) is 0.167. The summed E-state index contributed by atoms with van der Waals surface area (Å²) in [5.74, 6) is -0.604. The first kappa shape index (κ1) is 17.6. The van der Waals surface area contributed by atoms with Crippen molar-refractivity contribution in [2.45, 2.75) is 0 Å². The van der Waals surface area contributed by atoms with Gasteiger partial charge in [0.15, 0.2) is 11.5 Å². The Labute approximate surface area is 163 Å². The second-order valence-corrected chi connectivity index (χ2v) is 6.73. The van der Waals surface area contributed by atoms with Crippen LogP contribution in [0, 0.1) is 0 Å². The van der Waals surface area contributed by atoms with Crippen molar-refractivity contribution in [1.82, 2.24) is 4.90 Å². The lowest BCUT2D eigenvalue weighted by Gasteiger charge is -2.19. The van der Waals surface area contributed by atoms with Crippen LogP contribution in [0.1, 0.15) is 20.7 Å². The Morgan fingerprint density at radius 2 is 1.56 bits per heavy atom. The van der Waals surface area contributed by atoms with Gasteiger partial charge in [-0.3, -0.25) is 19.3 Å². The molecule has 3 amide bonds. The van der Waals surface area contributed by atoms with Crippen molar-refractivity contribution in [1.29, 1.82) is 0 Å². The topological polar surface area (TPSA) is 84.9 Å². The zero-order valence-corrected chi connectivity index (χ0v) is 15.3. The predicted molar refractivity (Wildman–Crippen MR) is 97.9 cm³/mol. The van der Waals surface area contributed by atoms with Crippen LogP contribution >= 0.6 is 23.2 Å². The molecule has 0 saturated carbocycles. The zero-order chi connectivity index (χ0) is 19.1. The molecule has 0 aromatic heterocycles. The average molecular weight is 407 g/mol. The third kappa shape index (κ3) is 3.20. The predicted octanol–water partition coefficient (Wildman–Crippen LogP) is 3.00. The third-order valence-electron chi connectivity index (χ3n) is 4.14. The number of hydrogen-bond donors (Lipinski definition) is 1. The van der Waals surface area contributed by atoms with E-state index in [1.807, 2.05) is 0 Å². The van der Waals surface area contributed by atoms with Crippen molar-refractivity contribution in [3.8, 4) is 11.5 Å². The number of fused-ring (bicyclic) bond motifs is 2. The SMILES string of the molecule is O=C(CN1C(=O)c2cc(Cl)c(Cl)cc2C1=O)Nc1ccc2c(c1)OCCO2. The van der Waals surface area contributed by atoms with E-state index in [-0.39, 0.29) is 21.2 Å².